The molecule has 9 heteroatoms. The van der Waals surface area contributed by atoms with Crippen molar-refractivity contribution in [3.05, 3.63) is 46.6 Å². The lowest BCUT2D eigenvalue weighted by atomic mass is 10.2. The number of rotatable bonds is 6. The zero-order chi connectivity index (χ0) is 20.1. The predicted octanol–water partition coefficient (Wildman–Crippen LogP) is 1.83. The normalized spacial score (nSPS) is 18.6. The topological polar surface area (TPSA) is 79.5 Å². The van der Waals surface area contributed by atoms with E-state index in [0.29, 0.717) is 12.6 Å². The van der Waals surface area contributed by atoms with Gasteiger partial charge in [0.2, 0.25) is 0 Å². The summed E-state index contributed by atoms with van der Waals surface area (Å²) in [6.45, 7) is 4.22. The van der Waals surface area contributed by atoms with E-state index in [-0.39, 0.29) is 29.7 Å². The fourth-order valence-electron chi connectivity index (χ4n) is 4.17. The Hall–Kier alpha value is -2.04. The van der Waals surface area contributed by atoms with Crippen molar-refractivity contribution in [2.45, 2.75) is 51.2 Å². The van der Waals surface area contributed by atoms with Gasteiger partial charge in [0.1, 0.15) is 5.82 Å². The molecule has 1 saturated heterocycles. The molecule has 2 aliphatic rings. The van der Waals surface area contributed by atoms with Crippen LogP contribution >= 0.6 is 24.0 Å². The molecule has 1 fully saturated rings. The Morgan fingerprint density at radius 1 is 1.23 bits per heavy atom. The average molecular weight is 525 g/mol. The molecule has 4 rings (SSSR count). The zero-order valence-electron chi connectivity index (χ0n) is 17.6. The van der Waals surface area contributed by atoms with Crippen molar-refractivity contribution in [3.8, 4) is 0 Å². The van der Waals surface area contributed by atoms with Gasteiger partial charge in [0.15, 0.2) is 5.96 Å². The maximum absolute atomic E-state index is 12.4. The zero-order valence-corrected chi connectivity index (χ0v) is 19.9. The van der Waals surface area contributed by atoms with Crippen molar-refractivity contribution in [1.29, 1.82) is 0 Å². The summed E-state index contributed by atoms with van der Waals surface area (Å²) in [5.41, 5.74) is 1.31. The Morgan fingerprint density at radius 2 is 2.07 bits per heavy atom. The molecule has 3 heterocycles. The van der Waals surface area contributed by atoms with Gasteiger partial charge in [-0.3, -0.25) is 9.56 Å². The Kier molecular flexibility index (Phi) is 8.17. The molecule has 0 radical (unpaired) electrons. The van der Waals surface area contributed by atoms with Gasteiger partial charge in [-0.2, -0.15) is 5.10 Å². The first-order valence-electron chi connectivity index (χ1n) is 10.7. The van der Waals surface area contributed by atoms with E-state index >= 15 is 0 Å². The molecule has 0 saturated carbocycles. The fourth-order valence-corrected chi connectivity index (χ4v) is 4.17. The number of aliphatic imine (C=N–C) groups is 1. The van der Waals surface area contributed by atoms with Crippen molar-refractivity contribution in [2.24, 2.45) is 4.99 Å². The number of aryl methyl sites for hydroxylation is 2. The van der Waals surface area contributed by atoms with Crippen LogP contribution in [0.15, 0.2) is 40.1 Å². The fraction of sp³-hybridized carbons (Fsp3) is 0.571. The second-order valence-corrected chi connectivity index (χ2v) is 7.79. The number of hydrogen-bond donors (Lipinski definition) is 2. The van der Waals surface area contributed by atoms with Gasteiger partial charge in [-0.15, -0.1) is 24.0 Å². The molecule has 1 aromatic carbocycles. The maximum Gasteiger partial charge on any atom is 0.345 e. The number of anilines is 1. The highest BCUT2D eigenvalue weighted by atomic mass is 127. The molecular formula is C21H32IN7O. The van der Waals surface area contributed by atoms with Crippen LogP contribution in [0, 0.1) is 0 Å². The SMILES string of the molecule is CN=C(NCCCn1nc2n(c1=O)CCCC2)NC1CCN(c2ccccc2)C1.I. The van der Waals surface area contributed by atoms with Crippen LogP contribution in [-0.4, -0.2) is 53.0 Å². The van der Waals surface area contributed by atoms with Crippen molar-refractivity contribution < 1.29 is 0 Å². The Bertz CT molecular complexity index is 893. The van der Waals surface area contributed by atoms with E-state index in [4.69, 9.17) is 0 Å². The third-order valence-corrected chi connectivity index (χ3v) is 5.74. The number of guanidine groups is 1. The number of para-hydroxylation sites is 1. The van der Waals surface area contributed by atoms with E-state index < -0.39 is 0 Å². The van der Waals surface area contributed by atoms with Crippen molar-refractivity contribution in [3.63, 3.8) is 0 Å². The van der Waals surface area contributed by atoms with Gasteiger partial charge in [-0.05, 0) is 37.8 Å². The molecule has 164 valence electrons. The van der Waals surface area contributed by atoms with Crippen LogP contribution in [0.5, 0.6) is 0 Å². The maximum atomic E-state index is 12.4. The summed E-state index contributed by atoms with van der Waals surface area (Å²) in [5.74, 6) is 1.76. The first-order valence-corrected chi connectivity index (χ1v) is 10.7. The number of halogens is 1. The lowest BCUT2D eigenvalue weighted by Crippen LogP contribution is -2.45. The van der Waals surface area contributed by atoms with Gasteiger partial charge >= 0.3 is 5.69 Å². The molecule has 2 aliphatic heterocycles. The van der Waals surface area contributed by atoms with Gasteiger partial charge in [0, 0.05) is 57.9 Å². The molecule has 0 spiro atoms. The quantitative estimate of drug-likeness (QED) is 0.261. The summed E-state index contributed by atoms with van der Waals surface area (Å²) in [4.78, 5) is 19.1. The Balaban J connectivity index is 0.00000256. The van der Waals surface area contributed by atoms with E-state index in [0.717, 1.165) is 70.1 Å². The first-order chi connectivity index (χ1) is 14.2. The summed E-state index contributed by atoms with van der Waals surface area (Å²) >= 11 is 0. The van der Waals surface area contributed by atoms with Crippen molar-refractivity contribution in [2.75, 3.05) is 31.6 Å². The van der Waals surface area contributed by atoms with Crippen LogP contribution in [0.1, 0.15) is 31.5 Å². The molecule has 30 heavy (non-hydrogen) atoms. The molecule has 8 nitrogen and oxygen atoms in total. The Morgan fingerprint density at radius 3 is 2.83 bits per heavy atom. The highest BCUT2D eigenvalue weighted by Gasteiger charge is 2.23. The van der Waals surface area contributed by atoms with Crippen LogP contribution in [0.3, 0.4) is 0 Å². The molecule has 1 aromatic heterocycles. The highest BCUT2D eigenvalue weighted by Crippen LogP contribution is 2.19. The largest absolute Gasteiger partial charge is 0.369 e. The summed E-state index contributed by atoms with van der Waals surface area (Å²) in [7, 11) is 1.80. The molecule has 0 aliphatic carbocycles. The number of fused-ring (bicyclic) bond motifs is 1. The van der Waals surface area contributed by atoms with E-state index in [1.807, 2.05) is 10.6 Å². The standard InChI is InChI=1S/C21H31N7O.HI/c1-22-20(24-17-11-15-26(16-17)18-8-3-2-4-9-18)23-12-7-14-28-21(29)27-13-6-5-10-19(27)25-28;/h2-4,8-9,17H,5-7,10-16H2,1H3,(H2,22,23,24);1H. The monoisotopic (exact) mass is 525 g/mol. The van der Waals surface area contributed by atoms with E-state index in [1.54, 1.807) is 11.7 Å². The summed E-state index contributed by atoms with van der Waals surface area (Å²) in [5, 5.41) is 11.4. The summed E-state index contributed by atoms with van der Waals surface area (Å²) in [6.07, 6.45) is 5.04. The predicted molar refractivity (Wildman–Crippen MR) is 131 cm³/mol. The van der Waals surface area contributed by atoms with E-state index in [9.17, 15) is 4.79 Å². The van der Waals surface area contributed by atoms with Crippen LogP contribution in [0.2, 0.25) is 0 Å². The van der Waals surface area contributed by atoms with Crippen LogP contribution in [0.25, 0.3) is 0 Å². The summed E-state index contributed by atoms with van der Waals surface area (Å²) in [6, 6.07) is 10.9. The van der Waals surface area contributed by atoms with Gasteiger partial charge < -0.3 is 15.5 Å². The third-order valence-electron chi connectivity index (χ3n) is 5.74. The summed E-state index contributed by atoms with van der Waals surface area (Å²) < 4.78 is 3.45. The second-order valence-electron chi connectivity index (χ2n) is 7.79. The smallest absolute Gasteiger partial charge is 0.345 e. The molecule has 0 bridgehead atoms. The van der Waals surface area contributed by atoms with Gasteiger partial charge in [0.25, 0.3) is 0 Å². The molecule has 1 unspecified atom stereocenters. The van der Waals surface area contributed by atoms with Crippen LogP contribution < -0.4 is 21.2 Å². The Labute approximate surface area is 194 Å². The number of benzene rings is 1. The number of aromatic nitrogens is 3. The van der Waals surface area contributed by atoms with Gasteiger partial charge in [-0.25, -0.2) is 9.48 Å². The lowest BCUT2D eigenvalue weighted by Gasteiger charge is -2.20. The van der Waals surface area contributed by atoms with Gasteiger partial charge in [-0.1, -0.05) is 18.2 Å². The third kappa shape index (κ3) is 5.35. The van der Waals surface area contributed by atoms with E-state index in [1.165, 1.54) is 5.69 Å². The molecule has 0 amide bonds. The average Bonchev–Trinajstić information content (AvgIpc) is 3.36. The highest BCUT2D eigenvalue weighted by molar-refractivity contribution is 14.0. The molecule has 1 atom stereocenters. The van der Waals surface area contributed by atoms with Gasteiger partial charge in [0.05, 0.1) is 0 Å². The van der Waals surface area contributed by atoms with Crippen LogP contribution in [-0.2, 0) is 19.5 Å². The second kappa shape index (κ2) is 10.8. The number of hydrogen-bond acceptors (Lipinski definition) is 4. The number of nitrogens with one attached hydrogen (secondary N) is 2. The van der Waals surface area contributed by atoms with Crippen molar-refractivity contribution >= 4 is 35.6 Å². The minimum atomic E-state index is 0. The molecular weight excluding hydrogens is 493 g/mol. The van der Waals surface area contributed by atoms with Crippen LogP contribution in [0.4, 0.5) is 5.69 Å². The minimum Gasteiger partial charge on any atom is -0.369 e. The molecule has 2 N–H and O–H groups in total. The number of nitrogens with zero attached hydrogens (tertiary/aromatic N) is 5. The lowest BCUT2D eigenvalue weighted by molar-refractivity contribution is 0.509. The first kappa shape index (κ1) is 22.6. The minimum absolute atomic E-state index is 0. The van der Waals surface area contributed by atoms with E-state index in [2.05, 4.69) is 49.9 Å². The molecule has 2 aromatic rings. The van der Waals surface area contributed by atoms with Crippen molar-refractivity contribution in [1.82, 2.24) is 25.0 Å².